The highest BCUT2D eigenvalue weighted by Crippen LogP contribution is 2.33. The Morgan fingerprint density at radius 1 is 1.82 bits per heavy atom. The van der Waals surface area contributed by atoms with Crippen LogP contribution < -0.4 is 5.73 Å². The zero-order valence-electron chi connectivity index (χ0n) is 6.37. The number of hydrogen-bond donors (Lipinski definition) is 2. The summed E-state index contributed by atoms with van der Waals surface area (Å²) >= 11 is 1.37. The largest absolute Gasteiger partial charge is 0.477 e. The van der Waals surface area contributed by atoms with Crippen molar-refractivity contribution in [2.45, 2.75) is 12.4 Å². The van der Waals surface area contributed by atoms with Crippen molar-refractivity contribution in [1.82, 2.24) is 4.90 Å². The van der Waals surface area contributed by atoms with Gasteiger partial charge >= 0.3 is 5.97 Å². The Morgan fingerprint density at radius 2 is 2.36 bits per heavy atom. The topological polar surface area (TPSA) is 66.6 Å². The number of aliphatic carboxylic acids is 1. The van der Waals surface area contributed by atoms with E-state index < -0.39 is 5.97 Å². The SMILES string of the molecule is CC1=C(C(=O)O)N(C)C(N)S1. The van der Waals surface area contributed by atoms with Gasteiger partial charge in [-0.2, -0.15) is 0 Å². The van der Waals surface area contributed by atoms with Crippen molar-refractivity contribution in [3.63, 3.8) is 0 Å². The second kappa shape index (κ2) is 2.75. The molecule has 0 aromatic heterocycles. The Bertz CT molecular complexity index is 227. The third kappa shape index (κ3) is 1.34. The molecule has 1 rings (SSSR count). The molecule has 1 aliphatic heterocycles. The van der Waals surface area contributed by atoms with Crippen molar-refractivity contribution in [1.29, 1.82) is 0 Å². The average Bonchev–Trinajstić information content (AvgIpc) is 2.07. The lowest BCUT2D eigenvalue weighted by atomic mass is 10.4. The minimum absolute atomic E-state index is 0.249. The number of carboxylic acids is 1. The van der Waals surface area contributed by atoms with E-state index in [2.05, 4.69) is 0 Å². The number of nitrogens with two attached hydrogens (primary N) is 1. The van der Waals surface area contributed by atoms with Crippen molar-refractivity contribution in [3.05, 3.63) is 10.6 Å². The first-order valence-electron chi connectivity index (χ1n) is 3.13. The molecule has 0 spiro atoms. The molecule has 3 N–H and O–H groups in total. The van der Waals surface area contributed by atoms with Crippen molar-refractivity contribution in [2.75, 3.05) is 7.05 Å². The zero-order chi connectivity index (χ0) is 8.59. The summed E-state index contributed by atoms with van der Waals surface area (Å²) in [4.78, 5) is 12.9. The van der Waals surface area contributed by atoms with Crippen LogP contribution in [0.3, 0.4) is 0 Å². The van der Waals surface area contributed by atoms with E-state index in [9.17, 15) is 4.79 Å². The van der Waals surface area contributed by atoms with Gasteiger partial charge in [0, 0.05) is 12.0 Å². The van der Waals surface area contributed by atoms with E-state index in [1.165, 1.54) is 11.8 Å². The van der Waals surface area contributed by atoms with E-state index in [-0.39, 0.29) is 5.50 Å². The zero-order valence-corrected chi connectivity index (χ0v) is 7.18. The highest BCUT2D eigenvalue weighted by molar-refractivity contribution is 8.03. The van der Waals surface area contributed by atoms with Crippen molar-refractivity contribution >= 4 is 17.7 Å². The lowest BCUT2D eigenvalue weighted by Crippen LogP contribution is -2.33. The van der Waals surface area contributed by atoms with Crippen LogP contribution in [-0.4, -0.2) is 28.5 Å². The summed E-state index contributed by atoms with van der Waals surface area (Å²) in [5.74, 6) is -0.912. The molecule has 1 heterocycles. The molecule has 0 saturated heterocycles. The molecule has 0 aliphatic carbocycles. The van der Waals surface area contributed by atoms with Gasteiger partial charge in [-0.25, -0.2) is 4.79 Å². The molecule has 11 heavy (non-hydrogen) atoms. The van der Waals surface area contributed by atoms with Crippen LogP contribution in [0.4, 0.5) is 0 Å². The molecule has 4 nitrogen and oxygen atoms in total. The Balaban J connectivity index is 2.91. The fourth-order valence-electron chi connectivity index (χ4n) is 0.993. The summed E-state index contributed by atoms with van der Waals surface area (Å²) in [5, 5.41) is 8.70. The molecule has 0 amide bonds. The molecule has 0 aromatic carbocycles. The van der Waals surface area contributed by atoms with Gasteiger partial charge in [-0.3, -0.25) is 0 Å². The maximum absolute atomic E-state index is 10.6. The summed E-state index contributed by atoms with van der Waals surface area (Å²) in [5.41, 5.74) is 5.64. The van der Waals surface area contributed by atoms with Crippen LogP contribution in [0, 0.1) is 0 Å². The lowest BCUT2D eigenvalue weighted by molar-refractivity contribution is -0.134. The fraction of sp³-hybridized carbons (Fsp3) is 0.500. The van der Waals surface area contributed by atoms with E-state index in [1.54, 1.807) is 18.9 Å². The van der Waals surface area contributed by atoms with Gasteiger partial charge in [0.2, 0.25) is 0 Å². The fourth-order valence-corrected chi connectivity index (χ4v) is 1.96. The number of rotatable bonds is 1. The van der Waals surface area contributed by atoms with Crippen LogP contribution in [-0.2, 0) is 4.79 Å². The van der Waals surface area contributed by atoms with Crippen LogP contribution in [0.2, 0.25) is 0 Å². The van der Waals surface area contributed by atoms with Crippen molar-refractivity contribution in [3.8, 4) is 0 Å². The van der Waals surface area contributed by atoms with E-state index in [0.717, 1.165) is 4.91 Å². The number of allylic oxidation sites excluding steroid dienone is 1. The van der Waals surface area contributed by atoms with Crippen molar-refractivity contribution in [2.24, 2.45) is 5.73 Å². The Hall–Kier alpha value is -0.680. The van der Waals surface area contributed by atoms with Crippen LogP contribution >= 0.6 is 11.8 Å². The molecule has 0 radical (unpaired) electrons. The number of hydrogen-bond acceptors (Lipinski definition) is 4. The van der Waals surface area contributed by atoms with Gasteiger partial charge in [-0.15, -0.1) is 0 Å². The third-order valence-electron chi connectivity index (χ3n) is 1.57. The Labute approximate surface area is 69.0 Å². The molecule has 62 valence electrons. The molecule has 5 heteroatoms. The first-order valence-corrected chi connectivity index (χ1v) is 4.01. The van der Waals surface area contributed by atoms with Crippen LogP contribution in [0.1, 0.15) is 6.92 Å². The van der Waals surface area contributed by atoms with Gasteiger partial charge in [0.1, 0.15) is 11.2 Å². The summed E-state index contributed by atoms with van der Waals surface area (Å²) in [6.45, 7) is 1.76. The van der Waals surface area contributed by atoms with Gasteiger partial charge in [-0.05, 0) is 6.92 Å². The van der Waals surface area contributed by atoms with Crippen LogP contribution in [0.25, 0.3) is 0 Å². The van der Waals surface area contributed by atoms with Crippen molar-refractivity contribution < 1.29 is 9.90 Å². The Kier molecular flexibility index (Phi) is 2.10. The maximum atomic E-state index is 10.6. The lowest BCUT2D eigenvalue weighted by Gasteiger charge is -2.17. The number of likely N-dealkylation sites (N-methyl/N-ethyl adjacent to an activating group) is 1. The smallest absolute Gasteiger partial charge is 0.353 e. The highest BCUT2D eigenvalue weighted by atomic mass is 32.2. The summed E-state index contributed by atoms with van der Waals surface area (Å²) in [6, 6.07) is 0. The standard InChI is InChI=1S/C6H10N2O2S/c1-3-4(5(9)10)8(2)6(7)11-3/h6H,7H2,1-2H3,(H,9,10). The Morgan fingerprint density at radius 3 is 2.55 bits per heavy atom. The second-order valence-corrected chi connectivity index (χ2v) is 3.66. The quantitative estimate of drug-likeness (QED) is 0.595. The van der Waals surface area contributed by atoms with Crippen LogP contribution in [0.5, 0.6) is 0 Å². The van der Waals surface area contributed by atoms with E-state index in [0.29, 0.717) is 5.70 Å². The van der Waals surface area contributed by atoms with Crippen LogP contribution in [0.15, 0.2) is 10.6 Å². The number of nitrogens with zero attached hydrogens (tertiary/aromatic N) is 1. The van der Waals surface area contributed by atoms with E-state index >= 15 is 0 Å². The monoisotopic (exact) mass is 174 g/mol. The van der Waals surface area contributed by atoms with Gasteiger partial charge in [0.15, 0.2) is 0 Å². The minimum Gasteiger partial charge on any atom is -0.477 e. The molecule has 0 aromatic rings. The van der Waals surface area contributed by atoms with Gasteiger partial charge < -0.3 is 15.7 Å². The molecular weight excluding hydrogens is 164 g/mol. The maximum Gasteiger partial charge on any atom is 0.353 e. The minimum atomic E-state index is -0.912. The summed E-state index contributed by atoms with van der Waals surface area (Å²) in [6.07, 6.45) is 0. The normalized spacial score (nSPS) is 24.6. The highest BCUT2D eigenvalue weighted by Gasteiger charge is 2.28. The molecule has 1 unspecified atom stereocenters. The molecule has 0 fully saturated rings. The third-order valence-corrected chi connectivity index (χ3v) is 2.67. The molecule has 1 atom stereocenters. The molecule has 0 saturated carbocycles. The predicted molar refractivity (Wildman–Crippen MR) is 43.7 cm³/mol. The first kappa shape index (κ1) is 8.42. The van der Waals surface area contributed by atoms with E-state index in [1.807, 2.05) is 0 Å². The number of thioether (sulfide) groups is 1. The second-order valence-electron chi connectivity index (χ2n) is 2.33. The average molecular weight is 174 g/mol. The number of carboxylic acid groups (broad SMARTS) is 1. The molecule has 0 bridgehead atoms. The first-order chi connectivity index (χ1) is 5.04. The number of carbonyl (C=O) groups is 1. The predicted octanol–water partition coefficient (Wildman–Crippen LogP) is 0.223. The molecular formula is C6H10N2O2S. The van der Waals surface area contributed by atoms with Gasteiger partial charge in [0.05, 0.1) is 0 Å². The summed E-state index contributed by atoms with van der Waals surface area (Å²) < 4.78 is 0. The van der Waals surface area contributed by atoms with E-state index in [4.69, 9.17) is 10.8 Å². The van der Waals surface area contributed by atoms with Gasteiger partial charge in [-0.1, -0.05) is 11.8 Å². The van der Waals surface area contributed by atoms with Gasteiger partial charge in [0.25, 0.3) is 0 Å². The molecule has 1 aliphatic rings. The summed E-state index contributed by atoms with van der Waals surface area (Å²) in [7, 11) is 1.68.